The molecule has 140 valence electrons. The van der Waals surface area contributed by atoms with Crippen LogP contribution >= 0.6 is 0 Å². The fourth-order valence-electron chi connectivity index (χ4n) is 2.74. The van der Waals surface area contributed by atoms with E-state index in [9.17, 15) is 15.0 Å². The van der Waals surface area contributed by atoms with Crippen molar-refractivity contribution in [2.24, 2.45) is 0 Å². The Hall–Kier alpha value is -2.57. The molecule has 6 nitrogen and oxygen atoms in total. The molecule has 4 N–H and O–H groups in total. The number of hydrogen-bond donors (Lipinski definition) is 4. The Bertz CT molecular complexity index is 703. The van der Waals surface area contributed by atoms with Crippen LogP contribution in [0.1, 0.15) is 30.6 Å². The Morgan fingerprint density at radius 2 is 1.92 bits per heavy atom. The van der Waals surface area contributed by atoms with Crippen LogP contribution in [0.4, 0.5) is 5.69 Å². The lowest BCUT2D eigenvalue weighted by molar-refractivity contribution is -0.105. The number of rotatable bonds is 10. The molecule has 0 radical (unpaired) electrons. The predicted octanol–water partition coefficient (Wildman–Crippen LogP) is 2.61. The molecule has 2 atom stereocenters. The summed E-state index contributed by atoms with van der Waals surface area (Å²) in [6, 6.07) is 12.8. The van der Waals surface area contributed by atoms with Crippen LogP contribution < -0.4 is 15.4 Å². The van der Waals surface area contributed by atoms with Crippen molar-refractivity contribution >= 4 is 12.1 Å². The molecule has 0 aromatic heterocycles. The molecule has 0 saturated heterocycles. The number of benzene rings is 2. The van der Waals surface area contributed by atoms with E-state index in [2.05, 4.69) is 17.6 Å². The van der Waals surface area contributed by atoms with Gasteiger partial charge in [-0.1, -0.05) is 25.1 Å². The number of hydrogen-bond acceptors (Lipinski definition) is 5. The molecule has 6 heteroatoms. The van der Waals surface area contributed by atoms with Crippen molar-refractivity contribution in [2.75, 3.05) is 19.0 Å². The topological polar surface area (TPSA) is 90.8 Å². The van der Waals surface area contributed by atoms with E-state index in [4.69, 9.17) is 4.74 Å². The average Bonchev–Trinajstić information content (AvgIpc) is 2.67. The molecule has 0 fully saturated rings. The van der Waals surface area contributed by atoms with Crippen LogP contribution in [0.25, 0.3) is 0 Å². The van der Waals surface area contributed by atoms with Crippen LogP contribution in [0, 0.1) is 0 Å². The van der Waals surface area contributed by atoms with E-state index in [1.54, 1.807) is 19.2 Å². The molecule has 2 rings (SSSR count). The monoisotopic (exact) mass is 358 g/mol. The quantitative estimate of drug-likeness (QED) is 0.387. The molecule has 2 unspecified atom stereocenters. The van der Waals surface area contributed by atoms with E-state index in [1.807, 2.05) is 24.3 Å². The third-order valence-electron chi connectivity index (χ3n) is 4.35. The maximum absolute atomic E-state index is 10.6. The summed E-state index contributed by atoms with van der Waals surface area (Å²) in [6.07, 6.45) is 1.52. The number of amides is 1. The predicted molar refractivity (Wildman–Crippen MR) is 102 cm³/mol. The highest BCUT2D eigenvalue weighted by Gasteiger charge is 2.13. The Labute approximate surface area is 153 Å². The molecule has 2 aromatic carbocycles. The van der Waals surface area contributed by atoms with Gasteiger partial charge in [-0.15, -0.1) is 0 Å². The van der Waals surface area contributed by atoms with Crippen LogP contribution in [0.3, 0.4) is 0 Å². The summed E-state index contributed by atoms with van der Waals surface area (Å²) in [5.41, 5.74) is 2.10. The number of aliphatic hydroxyl groups excluding tert-OH is 1. The molecular weight excluding hydrogens is 332 g/mol. The van der Waals surface area contributed by atoms with Gasteiger partial charge < -0.3 is 25.6 Å². The second kappa shape index (κ2) is 9.79. The zero-order valence-electron chi connectivity index (χ0n) is 15.1. The van der Waals surface area contributed by atoms with Crippen molar-refractivity contribution < 1.29 is 19.7 Å². The minimum atomic E-state index is -0.743. The highest BCUT2D eigenvalue weighted by atomic mass is 16.5. The lowest BCUT2D eigenvalue weighted by Gasteiger charge is -2.20. The van der Waals surface area contributed by atoms with Crippen LogP contribution in [-0.2, 0) is 11.2 Å². The van der Waals surface area contributed by atoms with Crippen molar-refractivity contribution in [3.8, 4) is 11.5 Å². The molecule has 0 saturated carbocycles. The number of aromatic hydroxyl groups is 1. The van der Waals surface area contributed by atoms with Gasteiger partial charge in [0.2, 0.25) is 6.41 Å². The van der Waals surface area contributed by atoms with Gasteiger partial charge in [-0.25, -0.2) is 0 Å². The molecule has 0 spiro atoms. The van der Waals surface area contributed by atoms with Crippen molar-refractivity contribution in [1.82, 2.24) is 5.32 Å². The fraction of sp³-hybridized carbons (Fsp3) is 0.350. The first-order valence-corrected chi connectivity index (χ1v) is 8.64. The number of nitrogens with one attached hydrogen (secondary N) is 2. The summed E-state index contributed by atoms with van der Waals surface area (Å²) in [7, 11) is 1.64. The van der Waals surface area contributed by atoms with E-state index in [0.717, 1.165) is 18.6 Å². The largest absolute Gasteiger partial charge is 0.506 e. The van der Waals surface area contributed by atoms with Crippen molar-refractivity contribution in [3.05, 3.63) is 53.6 Å². The lowest BCUT2D eigenvalue weighted by atomic mass is 10.0. The molecule has 0 aliphatic rings. The Balaban J connectivity index is 1.94. The van der Waals surface area contributed by atoms with Crippen molar-refractivity contribution in [2.45, 2.75) is 31.9 Å². The second-order valence-electron chi connectivity index (χ2n) is 6.12. The van der Waals surface area contributed by atoms with Crippen molar-refractivity contribution in [3.63, 3.8) is 0 Å². The number of methoxy groups -OCH3 is 1. The highest BCUT2D eigenvalue weighted by molar-refractivity contribution is 5.75. The minimum absolute atomic E-state index is 0.0352. The van der Waals surface area contributed by atoms with Crippen LogP contribution in [-0.4, -0.2) is 36.3 Å². The molecule has 0 aliphatic heterocycles. The number of carbonyl (C=O) groups is 1. The van der Waals surface area contributed by atoms with Gasteiger partial charge in [0.25, 0.3) is 0 Å². The van der Waals surface area contributed by atoms with E-state index >= 15 is 0 Å². The standard InChI is InChI=1S/C20H26N2O4/c1-3-16(10-14-4-7-17(26-2)8-5-14)21-12-20(25)15-6-9-19(24)18(11-15)22-13-23/h4-9,11,13,16,20-21,24-25H,3,10,12H2,1-2H3,(H,22,23). The SMILES string of the molecule is CCC(Cc1ccc(OC)cc1)NCC(O)c1ccc(O)c(NC=O)c1. The second-order valence-corrected chi connectivity index (χ2v) is 6.12. The Morgan fingerprint density at radius 1 is 1.19 bits per heavy atom. The molecule has 26 heavy (non-hydrogen) atoms. The smallest absolute Gasteiger partial charge is 0.211 e. The molecule has 0 heterocycles. The maximum Gasteiger partial charge on any atom is 0.211 e. The van der Waals surface area contributed by atoms with Gasteiger partial charge in [0.15, 0.2) is 0 Å². The number of ether oxygens (including phenoxy) is 1. The molecular formula is C20H26N2O4. The number of phenolic OH excluding ortho intramolecular Hbond substituents is 1. The molecule has 0 bridgehead atoms. The van der Waals surface area contributed by atoms with Gasteiger partial charge in [0, 0.05) is 12.6 Å². The van der Waals surface area contributed by atoms with Gasteiger partial charge >= 0.3 is 0 Å². The van der Waals surface area contributed by atoms with Gasteiger partial charge in [0.05, 0.1) is 18.9 Å². The average molecular weight is 358 g/mol. The zero-order valence-corrected chi connectivity index (χ0v) is 15.1. The van der Waals surface area contributed by atoms with Gasteiger partial charge in [0.1, 0.15) is 11.5 Å². The molecule has 0 aliphatic carbocycles. The summed E-state index contributed by atoms with van der Waals surface area (Å²) in [5, 5.41) is 25.9. The minimum Gasteiger partial charge on any atom is -0.506 e. The summed E-state index contributed by atoms with van der Waals surface area (Å²) in [4.78, 5) is 10.6. The number of aliphatic hydroxyl groups is 1. The number of phenols is 1. The van der Waals surface area contributed by atoms with E-state index in [-0.39, 0.29) is 17.5 Å². The summed E-state index contributed by atoms with van der Waals surface area (Å²) in [5.74, 6) is 0.796. The summed E-state index contributed by atoms with van der Waals surface area (Å²) < 4.78 is 5.17. The highest BCUT2D eigenvalue weighted by Crippen LogP contribution is 2.26. The van der Waals surface area contributed by atoms with Gasteiger partial charge in [-0.3, -0.25) is 4.79 Å². The first kappa shape index (κ1) is 19.8. The first-order valence-electron chi connectivity index (χ1n) is 8.64. The van der Waals surface area contributed by atoms with Crippen LogP contribution in [0.2, 0.25) is 0 Å². The van der Waals surface area contributed by atoms with E-state index in [1.165, 1.54) is 11.6 Å². The summed E-state index contributed by atoms with van der Waals surface area (Å²) in [6.45, 7) is 2.47. The fourth-order valence-corrected chi connectivity index (χ4v) is 2.74. The maximum atomic E-state index is 10.6. The van der Waals surface area contributed by atoms with Gasteiger partial charge in [-0.2, -0.15) is 0 Å². The lowest BCUT2D eigenvalue weighted by Crippen LogP contribution is -2.34. The van der Waals surface area contributed by atoms with Crippen LogP contribution in [0.15, 0.2) is 42.5 Å². The Morgan fingerprint density at radius 3 is 2.54 bits per heavy atom. The van der Waals surface area contributed by atoms with Crippen LogP contribution in [0.5, 0.6) is 11.5 Å². The molecule has 2 aromatic rings. The number of carbonyl (C=O) groups excluding carboxylic acids is 1. The van der Waals surface area contributed by atoms with E-state index < -0.39 is 6.10 Å². The number of anilines is 1. The third-order valence-corrected chi connectivity index (χ3v) is 4.35. The molecule has 1 amide bonds. The first-order chi connectivity index (χ1) is 12.6. The van der Waals surface area contributed by atoms with E-state index in [0.29, 0.717) is 18.5 Å². The zero-order chi connectivity index (χ0) is 18.9. The third kappa shape index (κ3) is 5.47. The Kier molecular flexibility index (Phi) is 7.44. The van der Waals surface area contributed by atoms with Crippen molar-refractivity contribution in [1.29, 1.82) is 0 Å². The van der Waals surface area contributed by atoms with Gasteiger partial charge in [-0.05, 0) is 48.2 Å². The summed E-state index contributed by atoms with van der Waals surface area (Å²) >= 11 is 0. The normalized spacial score (nSPS) is 13.0.